The average Bonchev–Trinajstić information content (AvgIpc) is 2.93. The van der Waals surface area contributed by atoms with Crippen LogP contribution in [0.1, 0.15) is 36.1 Å². The van der Waals surface area contributed by atoms with Crippen molar-refractivity contribution in [2.45, 2.75) is 26.7 Å². The Labute approximate surface area is 206 Å². The lowest BCUT2D eigenvalue weighted by Gasteiger charge is -2.14. The monoisotopic (exact) mass is 458 g/mol. The van der Waals surface area contributed by atoms with Crippen LogP contribution in [0, 0.1) is 22.7 Å². The zero-order chi connectivity index (χ0) is 24.6. The first-order chi connectivity index (χ1) is 17.1. The summed E-state index contributed by atoms with van der Waals surface area (Å²) in [5.41, 5.74) is 8.09. The Balaban J connectivity index is 1.43. The fourth-order valence-electron chi connectivity index (χ4n) is 4.08. The van der Waals surface area contributed by atoms with E-state index in [1.165, 1.54) is 11.1 Å². The van der Waals surface area contributed by atoms with Crippen LogP contribution in [0.25, 0.3) is 22.3 Å². The molecule has 35 heavy (non-hydrogen) atoms. The van der Waals surface area contributed by atoms with Crippen molar-refractivity contribution in [3.63, 3.8) is 0 Å². The zero-order valence-corrected chi connectivity index (χ0v) is 19.9. The molecule has 0 aliphatic carbocycles. The predicted octanol–water partition coefficient (Wildman–Crippen LogP) is 7.30. The summed E-state index contributed by atoms with van der Waals surface area (Å²) in [6, 6.07) is 31.7. The lowest BCUT2D eigenvalue weighted by atomic mass is 9.97. The van der Waals surface area contributed by atoms with Crippen LogP contribution in [0.3, 0.4) is 0 Å². The quantitative estimate of drug-likeness (QED) is 0.260. The number of benzene rings is 4. The Hall–Kier alpha value is -4.54. The summed E-state index contributed by atoms with van der Waals surface area (Å²) in [4.78, 5) is 0. The standard InChI is InChI=1S/C31H26N2O2/c1-3-24-17-28(13-15-30(24)26-9-5-22(19-32)6-10-26)34-21-35-29-14-16-31(25(4-2)18-29)27-11-7-23(20-33)8-12-27/h5-18H,3-4,21H2,1-2H3. The maximum absolute atomic E-state index is 9.03. The largest absolute Gasteiger partial charge is 0.457 e. The number of nitrogens with zero attached hydrogens (tertiary/aromatic N) is 2. The van der Waals surface area contributed by atoms with Crippen molar-refractivity contribution in [1.29, 1.82) is 10.5 Å². The molecule has 0 N–H and O–H groups in total. The van der Waals surface area contributed by atoms with E-state index in [9.17, 15) is 0 Å². The predicted molar refractivity (Wildman–Crippen MR) is 138 cm³/mol. The maximum atomic E-state index is 9.03. The summed E-state index contributed by atoms with van der Waals surface area (Å²) < 4.78 is 11.8. The van der Waals surface area contributed by atoms with Crippen molar-refractivity contribution in [3.8, 4) is 45.9 Å². The molecule has 0 amide bonds. The van der Waals surface area contributed by atoms with Gasteiger partial charge in [-0.2, -0.15) is 10.5 Å². The van der Waals surface area contributed by atoms with Crippen LogP contribution in [0.2, 0.25) is 0 Å². The van der Waals surface area contributed by atoms with Gasteiger partial charge in [-0.1, -0.05) is 50.2 Å². The van der Waals surface area contributed by atoms with Crippen LogP contribution in [0.5, 0.6) is 11.5 Å². The topological polar surface area (TPSA) is 66.0 Å². The second kappa shape index (κ2) is 11.1. The summed E-state index contributed by atoms with van der Waals surface area (Å²) in [6.45, 7) is 4.34. The number of ether oxygens (including phenoxy) is 2. The van der Waals surface area contributed by atoms with E-state index in [0.29, 0.717) is 11.1 Å². The molecular weight excluding hydrogens is 432 g/mol. The van der Waals surface area contributed by atoms with Crippen molar-refractivity contribution in [1.82, 2.24) is 0 Å². The molecule has 0 saturated heterocycles. The number of hydrogen-bond acceptors (Lipinski definition) is 4. The highest BCUT2D eigenvalue weighted by atomic mass is 16.7. The Morgan fingerprint density at radius 1 is 0.571 bits per heavy atom. The van der Waals surface area contributed by atoms with Crippen molar-refractivity contribution in [2.75, 3.05) is 6.79 Å². The second-order valence-corrected chi connectivity index (χ2v) is 8.13. The molecule has 4 rings (SSSR count). The molecule has 0 aliphatic heterocycles. The van der Waals surface area contributed by atoms with Crippen molar-refractivity contribution < 1.29 is 9.47 Å². The van der Waals surface area contributed by atoms with Crippen LogP contribution in [-0.2, 0) is 12.8 Å². The van der Waals surface area contributed by atoms with Gasteiger partial charge in [-0.05, 0) is 94.8 Å². The van der Waals surface area contributed by atoms with Gasteiger partial charge in [-0.15, -0.1) is 0 Å². The van der Waals surface area contributed by atoms with Crippen LogP contribution >= 0.6 is 0 Å². The summed E-state index contributed by atoms with van der Waals surface area (Å²) >= 11 is 0. The van der Waals surface area contributed by atoms with Crippen LogP contribution in [0.15, 0.2) is 84.9 Å². The first-order valence-corrected chi connectivity index (χ1v) is 11.7. The van der Waals surface area contributed by atoms with Crippen LogP contribution in [0.4, 0.5) is 0 Å². The second-order valence-electron chi connectivity index (χ2n) is 8.13. The summed E-state index contributed by atoms with van der Waals surface area (Å²) in [6.07, 6.45) is 1.73. The molecule has 172 valence electrons. The lowest BCUT2D eigenvalue weighted by Crippen LogP contribution is -2.06. The number of rotatable bonds is 8. The van der Waals surface area contributed by atoms with Gasteiger partial charge in [0.25, 0.3) is 0 Å². The Kier molecular flexibility index (Phi) is 7.46. The highest BCUT2D eigenvalue weighted by Crippen LogP contribution is 2.30. The Morgan fingerprint density at radius 3 is 1.31 bits per heavy atom. The molecule has 0 fully saturated rings. The minimum Gasteiger partial charge on any atom is -0.457 e. The van der Waals surface area contributed by atoms with E-state index < -0.39 is 0 Å². The van der Waals surface area contributed by atoms with Crippen molar-refractivity contribution >= 4 is 0 Å². The molecule has 0 spiro atoms. The maximum Gasteiger partial charge on any atom is 0.230 e. The average molecular weight is 459 g/mol. The molecule has 0 heterocycles. The summed E-state index contributed by atoms with van der Waals surface area (Å²) in [7, 11) is 0. The SMILES string of the molecule is CCc1cc(OCOc2ccc(-c3ccc(C#N)cc3)c(CC)c2)ccc1-c1ccc(C#N)cc1. The number of nitriles is 2. The minimum absolute atomic E-state index is 0.110. The van der Waals surface area contributed by atoms with E-state index in [-0.39, 0.29) is 6.79 Å². The van der Waals surface area contributed by atoms with Crippen molar-refractivity contribution in [3.05, 3.63) is 107 Å². The van der Waals surface area contributed by atoms with Gasteiger partial charge in [0.1, 0.15) is 11.5 Å². The van der Waals surface area contributed by atoms with Gasteiger partial charge in [0.15, 0.2) is 0 Å². The van der Waals surface area contributed by atoms with E-state index in [1.807, 2.05) is 72.8 Å². The Bertz CT molecular complexity index is 1280. The third-order valence-corrected chi connectivity index (χ3v) is 6.02. The molecule has 4 aromatic carbocycles. The van der Waals surface area contributed by atoms with Gasteiger partial charge in [-0.25, -0.2) is 0 Å². The molecule has 0 saturated carbocycles. The first-order valence-electron chi connectivity index (χ1n) is 11.7. The molecule has 4 nitrogen and oxygen atoms in total. The first kappa shape index (κ1) is 23.6. The normalized spacial score (nSPS) is 10.3. The molecule has 4 aromatic rings. The molecule has 0 bridgehead atoms. The lowest BCUT2D eigenvalue weighted by molar-refractivity contribution is 0.119. The van der Waals surface area contributed by atoms with Crippen molar-refractivity contribution in [2.24, 2.45) is 0 Å². The van der Waals surface area contributed by atoms with E-state index >= 15 is 0 Å². The van der Waals surface area contributed by atoms with Crippen LogP contribution in [-0.4, -0.2) is 6.79 Å². The summed E-state index contributed by atoms with van der Waals surface area (Å²) in [5.74, 6) is 1.51. The third-order valence-electron chi connectivity index (χ3n) is 6.02. The molecule has 0 aromatic heterocycles. The molecule has 0 atom stereocenters. The molecular formula is C31H26N2O2. The van der Waals surface area contributed by atoms with Gasteiger partial charge in [-0.3, -0.25) is 0 Å². The molecule has 0 unspecified atom stereocenters. The van der Waals surface area contributed by atoms with Gasteiger partial charge in [0, 0.05) is 0 Å². The van der Waals surface area contributed by atoms with E-state index in [1.54, 1.807) is 0 Å². The molecule has 0 aliphatic rings. The third kappa shape index (κ3) is 5.52. The Morgan fingerprint density at radius 2 is 0.971 bits per heavy atom. The number of hydrogen-bond donors (Lipinski definition) is 0. The fraction of sp³-hybridized carbons (Fsp3) is 0.161. The fourth-order valence-corrected chi connectivity index (χ4v) is 4.08. The minimum atomic E-state index is 0.110. The van der Waals surface area contributed by atoms with E-state index in [2.05, 4.69) is 38.1 Å². The molecule has 4 heteroatoms. The zero-order valence-electron chi connectivity index (χ0n) is 19.9. The highest BCUT2D eigenvalue weighted by molar-refractivity contribution is 5.70. The molecule has 0 radical (unpaired) electrons. The van der Waals surface area contributed by atoms with E-state index in [4.69, 9.17) is 20.0 Å². The smallest absolute Gasteiger partial charge is 0.230 e. The van der Waals surface area contributed by atoms with Gasteiger partial charge < -0.3 is 9.47 Å². The van der Waals surface area contributed by atoms with Gasteiger partial charge in [0.05, 0.1) is 23.3 Å². The van der Waals surface area contributed by atoms with Gasteiger partial charge in [0.2, 0.25) is 6.79 Å². The highest BCUT2D eigenvalue weighted by Gasteiger charge is 2.09. The number of aryl methyl sites for hydroxylation is 2. The van der Waals surface area contributed by atoms with Crippen LogP contribution < -0.4 is 9.47 Å². The summed E-state index contributed by atoms with van der Waals surface area (Å²) in [5, 5.41) is 18.1. The van der Waals surface area contributed by atoms with E-state index in [0.717, 1.165) is 46.6 Å². The van der Waals surface area contributed by atoms with Gasteiger partial charge >= 0.3 is 0 Å².